The highest BCUT2D eigenvalue weighted by molar-refractivity contribution is 9.10. The number of hydrogen-bond acceptors (Lipinski definition) is 4. The Kier molecular flexibility index (Phi) is 3.93. The van der Waals surface area contributed by atoms with Crippen molar-refractivity contribution in [3.63, 3.8) is 0 Å². The van der Waals surface area contributed by atoms with Gasteiger partial charge in [-0.15, -0.1) is 0 Å². The van der Waals surface area contributed by atoms with E-state index < -0.39 is 0 Å². The van der Waals surface area contributed by atoms with E-state index in [1.807, 2.05) is 18.2 Å². The maximum absolute atomic E-state index is 5.71. The summed E-state index contributed by atoms with van der Waals surface area (Å²) >= 11 is 3.26. The minimum Gasteiger partial charge on any atom is -0.381 e. The lowest BCUT2D eigenvalue weighted by Gasteiger charge is -2.07. The van der Waals surface area contributed by atoms with Gasteiger partial charge in [0.2, 0.25) is 0 Å². The SMILES string of the molecule is Nc1ncc(Br)nc1NCCc1ccccc1. The fourth-order valence-electron chi connectivity index (χ4n) is 1.48. The van der Waals surface area contributed by atoms with Crippen LogP contribution in [0.4, 0.5) is 11.6 Å². The number of nitrogen functional groups attached to an aromatic ring is 1. The van der Waals surface area contributed by atoms with Crippen molar-refractivity contribution in [2.45, 2.75) is 6.42 Å². The van der Waals surface area contributed by atoms with E-state index in [0.717, 1.165) is 13.0 Å². The predicted octanol–water partition coefficient (Wildman–Crippen LogP) is 2.48. The summed E-state index contributed by atoms with van der Waals surface area (Å²) in [4.78, 5) is 8.23. The Labute approximate surface area is 108 Å². The smallest absolute Gasteiger partial charge is 0.170 e. The van der Waals surface area contributed by atoms with Gasteiger partial charge in [0.25, 0.3) is 0 Å². The van der Waals surface area contributed by atoms with Crippen molar-refractivity contribution in [3.05, 3.63) is 46.7 Å². The summed E-state index contributed by atoms with van der Waals surface area (Å²) in [6.45, 7) is 0.777. The summed E-state index contributed by atoms with van der Waals surface area (Å²) in [5.41, 5.74) is 6.99. The molecule has 0 radical (unpaired) electrons. The third-order valence-electron chi connectivity index (χ3n) is 2.32. The zero-order chi connectivity index (χ0) is 12.1. The lowest BCUT2D eigenvalue weighted by atomic mass is 10.1. The van der Waals surface area contributed by atoms with Crippen LogP contribution in [0.15, 0.2) is 41.1 Å². The van der Waals surface area contributed by atoms with Crippen LogP contribution in [0.1, 0.15) is 5.56 Å². The Hall–Kier alpha value is -1.62. The molecule has 5 heteroatoms. The second-order valence-corrected chi connectivity index (χ2v) is 4.40. The molecule has 88 valence electrons. The van der Waals surface area contributed by atoms with Crippen LogP contribution in [0, 0.1) is 0 Å². The summed E-state index contributed by atoms with van der Waals surface area (Å²) in [6.07, 6.45) is 2.51. The first kappa shape index (κ1) is 11.9. The fourth-order valence-corrected chi connectivity index (χ4v) is 1.76. The van der Waals surface area contributed by atoms with E-state index in [1.54, 1.807) is 6.20 Å². The Bertz CT molecular complexity index is 487. The molecule has 0 atom stereocenters. The van der Waals surface area contributed by atoms with Crippen molar-refractivity contribution in [3.8, 4) is 0 Å². The second-order valence-electron chi connectivity index (χ2n) is 3.59. The molecule has 1 heterocycles. The van der Waals surface area contributed by atoms with Gasteiger partial charge in [0, 0.05) is 6.54 Å². The Balaban J connectivity index is 1.92. The summed E-state index contributed by atoms with van der Waals surface area (Å²) in [5, 5.41) is 3.17. The molecule has 0 bridgehead atoms. The zero-order valence-electron chi connectivity index (χ0n) is 9.23. The van der Waals surface area contributed by atoms with Crippen molar-refractivity contribution in [1.29, 1.82) is 0 Å². The number of nitrogens with two attached hydrogens (primary N) is 1. The summed E-state index contributed by atoms with van der Waals surface area (Å²) in [5.74, 6) is 1.04. The maximum Gasteiger partial charge on any atom is 0.170 e. The van der Waals surface area contributed by atoms with Crippen LogP contribution in [-0.2, 0) is 6.42 Å². The third-order valence-corrected chi connectivity index (χ3v) is 2.70. The van der Waals surface area contributed by atoms with Gasteiger partial charge in [-0.3, -0.25) is 0 Å². The average molecular weight is 293 g/mol. The molecule has 4 nitrogen and oxygen atoms in total. The van der Waals surface area contributed by atoms with E-state index >= 15 is 0 Å². The Morgan fingerprint density at radius 3 is 2.76 bits per heavy atom. The molecule has 17 heavy (non-hydrogen) atoms. The fraction of sp³-hybridized carbons (Fsp3) is 0.167. The molecule has 0 fully saturated rings. The van der Waals surface area contributed by atoms with Crippen LogP contribution in [0.25, 0.3) is 0 Å². The normalized spacial score (nSPS) is 10.2. The van der Waals surface area contributed by atoms with E-state index in [-0.39, 0.29) is 0 Å². The molecule has 0 amide bonds. The molecule has 2 aromatic rings. The van der Waals surface area contributed by atoms with Crippen LogP contribution in [0.3, 0.4) is 0 Å². The van der Waals surface area contributed by atoms with Crippen molar-refractivity contribution in [2.24, 2.45) is 0 Å². The van der Waals surface area contributed by atoms with Crippen molar-refractivity contribution < 1.29 is 0 Å². The number of nitrogens with zero attached hydrogens (tertiary/aromatic N) is 2. The van der Waals surface area contributed by atoms with Crippen LogP contribution < -0.4 is 11.1 Å². The van der Waals surface area contributed by atoms with E-state index in [1.165, 1.54) is 5.56 Å². The third kappa shape index (κ3) is 3.42. The minimum atomic E-state index is 0.418. The quantitative estimate of drug-likeness (QED) is 0.909. The molecule has 0 unspecified atom stereocenters. The number of benzene rings is 1. The van der Waals surface area contributed by atoms with Crippen LogP contribution in [0.5, 0.6) is 0 Å². The predicted molar refractivity (Wildman–Crippen MR) is 72.8 cm³/mol. The van der Waals surface area contributed by atoms with Gasteiger partial charge in [-0.05, 0) is 27.9 Å². The van der Waals surface area contributed by atoms with Crippen molar-refractivity contribution >= 4 is 27.6 Å². The highest BCUT2D eigenvalue weighted by Gasteiger charge is 2.02. The van der Waals surface area contributed by atoms with Gasteiger partial charge in [0.05, 0.1) is 6.20 Å². The van der Waals surface area contributed by atoms with E-state index in [9.17, 15) is 0 Å². The van der Waals surface area contributed by atoms with E-state index in [4.69, 9.17) is 5.73 Å². The Morgan fingerprint density at radius 1 is 1.24 bits per heavy atom. The molecule has 0 spiro atoms. The molecule has 1 aromatic heterocycles. The lowest BCUT2D eigenvalue weighted by Crippen LogP contribution is -2.09. The summed E-state index contributed by atoms with van der Waals surface area (Å²) in [6, 6.07) is 10.3. The van der Waals surface area contributed by atoms with Gasteiger partial charge in [-0.2, -0.15) is 0 Å². The topological polar surface area (TPSA) is 63.8 Å². The standard InChI is InChI=1S/C12H13BrN4/c13-10-8-16-11(14)12(17-10)15-7-6-9-4-2-1-3-5-9/h1-5,8H,6-7H2,(H2,14,16)(H,15,17). The van der Waals surface area contributed by atoms with Gasteiger partial charge >= 0.3 is 0 Å². The molecule has 2 rings (SSSR count). The largest absolute Gasteiger partial charge is 0.381 e. The molecule has 0 aliphatic carbocycles. The highest BCUT2D eigenvalue weighted by atomic mass is 79.9. The maximum atomic E-state index is 5.71. The zero-order valence-corrected chi connectivity index (χ0v) is 10.8. The first-order valence-electron chi connectivity index (χ1n) is 5.31. The monoisotopic (exact) mass is 292 g/mol. The first-order valence-corrected chi connectivity index (χ1v) is 6.11. The van der Waals surface area contributed by atoms with Crippen molar-refractivity contribution in [1.82, 2.24) is 9.97 Å². The van der Waals surface area contributed by atoms with Gasteiger partial charge in [0.15, 0.2) is 11.6 Å². The molecule has 0 saturated heterocycles. The van der Waals surface area contributed by atoms with E-state index in [2.05, 4.69) is 43.3 Å². The van der Waals surface area contributed by atoms with Crippen LogP contribution >= 0.6 is 15.9 Å². The average Bonchev–Trinajstić information content (AvgIpc) is 2.35. The number of nitrogens with one attached hydrogen (secondary N) is 1. The molecule has 1 aromatic carbocycles. The number of hydrogen-bond donors (Lipinski definition) is 2. The second kappa shape index (κ2) is 5.63. The molecule has 3 N–H and O–H groups in total. The Morgan fingerprint density at radius 2 is 2.00 bits per heavy atom. The number of rotatable bonds is 4. The lowest BCUT2D eigenvalue weighted by molar-refractivity contribution is 0.998. The number of anilines is 2. The van der Waals surface area contributed by atoms with Crippen molar-refractivity contribution in [2.75, 3.05) is 17.6 Å². The first-order chi connectivity index (χ1) is 8.25. The van der Waals surface area contributed by atoms with Gasteiger partial charge < -0.3 is 11.1 Å². The molecular formula is C12H13BrN4. The number of halogens is 1. The number of aromatic nitrogens is 2. The minimum absolute atomic E-state index is 0.418. The van der Waals surface area contributed by atoms with E-state index in [0.29, 0.717) is 16.2 Å². The molecular weight excluding hydrogens is 280 g/mol. The van der Waals surface area contributed by atoms with Gasteiger partial charge in [0.1, 0.15) is 4.60 Å². The summed E-state index contributed by atoms with van der Waals surface area (Å²) in [7, 11) is 0. The molecule has 0 aliphatic rings. The molecule has 0 aliphatic heterocycles. The van der Waals surface area contributed by atoms with Crippen LogP contribution in [0.2, 0.25) is 0 Å². The van der Waals surface area contributed by atoms with Crippen LogP contribution in [-0.4, -0.2) is 16.5 Å². The highest BCUT2D eigenvalue weighted by Crippen LogP contribution is 2.15. The molecule has 0 saturated carbocycles. The summed E-state index contributed by atoms with van der Waals surface area (Å²) < 4.78 is 0.675. The van der Waals surface area contributed by atoms with Gasteiger partial charge in [-0.25, -0.2) is 9.97 Å². The van der Waals surface area contributed by atoms with Gasteiger partial charge in [-0.1, -0.05) is 30.3 Å².